The van der Waals surface area contributed by atoms with Gasteiger partial charge in [-0.1, -0.05) is 85.2 Å². The molecule has 9 atom stereocenters. The average molecular weight is 986 g/mol. The Morgan fingerprint density at radius 3 is 1.93 bits per heavy atom. The molecule has 390 valence electrons. The van der Waals surface area contributed by atoms with Crippen molar-refractivity contribution in [1.29, 1.82) is 0 Å². The lowest BCUT2D eigenvalue weighted by atomic mass is 9.83. The number of esters is 1. The third-order valence-electron chi connectivity index (χ3n) is 14.0. The SMILES string of the molecule is CC[C@H](C)[C@@H]([C@@H](CC(=O)N1CCC[C@H]1[C@H](OC)[C@@H](C)C(=O)N[C@@H](Cc1ccccc1)C(=O)OC(C)(C)C)OC)N(C)C(=O)[C@@H](CC(=O)[C@H](C(C)C)N(C)C(=O)c1ccc(N2C(=O)C=CC2=O)cc1)C(C)C. The number of rotatable bonds is 24. The third kappa shape index (κ3) is 14.7. The van der Waals surface area contributed by atoms with E-state index in [4.69, 9.17) is 14.2 Å². The molecular formula is C55H79N5O11. The molecular weight excluding hydrogens is 907 g/mol. The van der Waals surface area contributed by atoms with Crippen LogP contribution in [0.4, 0.5) is 5.69 Å². The molecule has 4 rings (SSSR count). The molecule has 71 heavy (non-hydrogen) atoms. The lowest BCUT2D eigenvalue weighted by Gasteiger charge is -2.41. The summed E-state index contributed by atoms with van der Waals surface area (Å²) in [5.41, 5.74) is 0.655. The van der Waals surface area contributed by atoms with Gasteiger partial charge in [-0.2, -0.15) is 0 Å². The van der Waals surface area contributed by atoms with E-state index in [-0.39, 0.29) is 60.2 Å². The summed E-state index contributed by atoms with van der Waals surface area (Å²) < 4.78 is 17.8. The van der Waals surface area contributed by atoms with E-state index in [1.54, 1.807) is 51.6 Å². The van der Waals surface area contributed by atoms with Crippen LogP contribution in [0, 0.1) is 29.6 Å². The molecule has 1 N–H and O–H groups in total. The molecule has 1 saturated heterocycles. The van der Waals surface area contributed by atoms with Gasteiger partial charge in [0.25, 0.3) is 17.7 Å². The number of methoxy groups -OCH3 is 2. The van der Waals surface area contributed by atoms with E-state index in [1.807, 2.05) is 71.9 Å². The highest BCUT2D eigenvalue weighted by atomic mass is 16.6. The predicted molar refractivity (Wildman–Crippen MR) is 271 cm³/mol. The largest absolute Gasteiger partial charge is 0.458 e. The minimum atomic E-state index is -0.960. The van der Waals surface area contributed by atoms with Gasteiger partial charge in [0, 0.05) is 71.3 Å². The highest BCUT2D eigenvalue weighted by Crippen LogP contribution is 2.32. The van der Waals surface area contributed by atoms with Crippen LogP contribution in [0.15, 0.2) is 66.7 Å². The second-order valence-corrected chi connectivity index (χ2v) is 20.9. The Bertz CT molecular complexity index is 2200. The maximum atomic E-state index is 14.8. The van der Waals surface area contributed by atoms with Crippen molar-refractivity contribution in [2.45, 2.75) is 150 Å². The molecule has 0 aromatic heterocycles. The van der Waals surface area contributed by atoms with Crippen LogP contribution in [-0.2, 0) is 54.2 Å². The van der Waals surface area contributed by atoms with Crippen molar-refractivity contribution in [2.24, 2.45) is 29.6 Å². The van der Waals surface area contributed by atoms with Crippen molar-refractivity contribution < 1.29 is 52.6 Å². The molecule has 2 heterocycles. The zero-order valence-electron chi connectivity index (χ0n) is 44.4. The van der Waals surface area contributed by atoms with Gasteiger partial charge in [-0.25, -0.2) is 9.69 Å². The summed E-state index contributed by atoms with van der Waals surface area (Å²) in [5.74, 6) is -5.36. The maximum absolute atomic E-state index is 14.8. The normalized spacial score (nSPS) is 18.4. The summed E-state index contributed by atoms with van der Waals surface area (Å²) in [4.78, 5) is 115. The van der Waals surface area contributed by atoms with Crippen molar-refractivity contribution in [3.05, 3.63) is 77.9 Å². The van der Waals surface area contributed by atoms with Gasteiger partial charge >= 0.3 is 5.97 Å². The summed E-state index contributed by atoms with van der Waals surface area (Å²) in [6.07, 6.45) is 2.86. The highest BCUT2D eigenvalue weighted by Gasteiger charge is 2.44. The number of carbonyl (C=O) groups excluding carboxylic acids is 8. The molecule has 2 aliphatic rings. The molecule has 0 aliphatic carbocycles. The van der Waals surface area contributed by atoms with Crippen LogP contribution < -0.4 is 10.2 Å². The third-order valence-corrected chi connectivity index (χ3v) is 14.0. The van der Waals surface area contributed by atoms with E-state index in [2.05, 4.69) is 5.32 Å². The first-order valence-electron chi connectivity index (χ1n) is 25.0. The molecule has 2 aromatic carbocycles. The summed E-state index contributed by atoms with van der Waals surface area (Å²) in [6.45, 7) is 18.9. The highest BCUT2D eigenvalue weighted by molar-refractivity contribution is 6.28. The van der Waals surface area contributed by atoms with Crippen LogP contribution in [0.25, 0.3) is 0 Å². The maximum Gasteiger partial charge on any atom is 0.329 e. The van der Waals surface area contributed by atoms with Gasteiger partial charge in [0.05, 0.1) is 48.4 Å². The monoisotopic (exact) mass is 986 g/mol. The van der Waals surface area contributed by atoms with Crippen molar-refractivity contribution >= 4 is 52.9 Å². The van der Waals surface area contributed by atoms with Crippen LogP contribution in [0.3, 0.4) is 0 Å². The Labute approximate surface area is 421 Å². The number of imide groups is 1. The Morgan fingerprint density at radius 2 is 1.41 bits per heavy atom. The summed E-state index contributed by atoms with van der Waals surface area (Å²) in [5, 5.41) is 2.92. The van der Waals surface area contributed by atoms with E-state index >= 15 is 0 Å². The number of ketones is 1. The van der Waals surface area contributed by atoms with Gasteiger partial charge in [-0.15, -0.1) is 0 Å². The lowest BCUT2D eigenvalue weighted by Crippen LogP contribution is -2.55. The predicted octanol–water partition coefficient (Wildman–Crippen LogP) is 6.43. The Hall–Kier alpha value is -5.74. The van der Waals surface area contributed by atoms with Gasteiger partial charge in [0.2, 0.25) is 17.7 Å². The first kappa shape index (κ1) is 57.8. The number of hydrogen-bond donors (Lipinski definition) is 1. The van der Waals surface area contributed by atoms with Gasteiger partial charge in [0.15, 0.2) is 5.78 Å². The quantitative estimate of drug-likeness (QED) is 0.0902. The second kappa shape index (κ2) is 25.6. The molecule has 6 amide bonds. The zero-order valence-corrected chi connectivity index (χ0v) is 44.4. The molecule has 0 spiro atoms. The number of likely N-dealkylation sites (N-methyl/N-ethyl adjacent to an activating group) is 2. The standard InChI is InChI=1S/C55H79N5O11/c1-15-35(6)49(58(12)53(67)40(33(2)3)31-43(61)48(34(4)5)57(11)52(66)38-23-25-39(26-24-38)60-45(62)27-28-46(60)63)44(69-13)32-47(64)59-29-19-22-42(59)50(70-14)36(7)51(65)56-41(54(68)71-55(8,9)10)30-37-20-17-16-18-21-37/h16-18,20-21,23-28,33-36,40-42,44,48-50H,15,19,22,29-32H2,1-14H3,(H,56,65)/t35-,36+,40-,41-,42-,44+,48-,49-,50+/m0/s1. The lowest BCUT2D eigenvalue weighted by molar-refractivity contribution is -0.159. The van der Waals surface area contributed by atoms with E-state index in [1.165, 1.54) is 55.5 Å². The molecule has 2 aromatic rings. The van der Waals surface area contributed by atoms with Crippen molar-refractivity contribution in [2.75, 3.05) is 39.8 Å². The topological polar surface area (TPSA) is 189 Å². The van der Waals surface area contributed by atoms with Gasteiger partial charge < -0.3 is 34.2 Å². The Kier molecular flexibility index (Phi) is 20.8. The average Bonchev–Trinajstić information content (AvgIpc) is 3.94. The van der Waals surface area contributed by atoms with Crippen molar-refractivity contribution in [3.63, 3.8) is 0 Å². The van der Waals surface area contributed by atoms with Crippen LogP contribution in [0.5, 0.6) is 0 Å². The molecule has 0 unspecified atom stereocenters. The summed E-state index contributed by atoms with van der Waals surface area (Å²) in [6, 6.07) is 12.5. The first-order valence-corrected chi connectivity index (χ1v) is 25.0. The fraction of sp³-hybridized carbons (Fsp3) is 0.600. The molecule has 0 bridgehead atoms. The van der Waals surface area contributed by atoms with E-state index in [9.17, 15) is 38.4 Å². The van der Waals surface area contributed by atoms with E-state index < -0.39 is 83.4 Å². The van der Waals surface area contributed by atoms with Gasteiger partial charge in [-0.3, -0.25) is 33.6 Å². The van der Waals surface area contributed by atoms with E-state index in [0.29, 0.717) is 31.5 Å². The summed E-state index contributed by atoms with van der Waals surface area (Å²) in [7, 11) is 6.28. The smallest absolute Gasteiger partial charge is 0.329 e. The molecule has 16 nitrogen and oxygen atoms in total. The number of likely N-dealkylation sites (tertiary alicyclic amines) is 1. The van der Waals surface area contributed by atoms with E-state index in [0.717, 1.165) is 10.5 Å². The number of amides is 6. The number of nitrogens with zero attached hydrogens (tertiary/aromatic N) is 4. The molecule has 2 aliphatic heterocycles. The molecule has 0 radical (unpaired) electrons. The second-order valence-electron chi connectivity index (χ2n) is 20.9. The van der Waals surface area contributed by atoms with Crippen LogP contribution in [0.2, 0.25) is 0 Å². The zero-order chi connectivity index (χ0) is 53.1. The minimum Gasteiger partial charge on any atom is -0.458 e. The number of nitrogens with one attached hydrogen (secondary N) is 1. The van der Waals surface area contributed by atoms with Crippen LogP contribution in [-0.4, -0.2) is 139 Å². The fourth-order valence-corrected chi connectivity index (χ4v) is 10.0. The number of carbonyl (C=O) groups is 8. The van der Waals surface area contributed by atoms with Gasteiger partial charge in [-0.05, 0) is 81.2 Å². The number of hydrogen-bond acceptors (Lipinski definition) is 11. The summed E-state index contributed by atoms with van der Waals surface area (Å²) >= 11 is 0. The number of Topliss-reactive ketones (excluding diaryl/α,β-unsaturated/α-hetero) is 1. The number of ether oxygens (including phenoxy) is 3. The van der Waals surface area contributed by atoms with Crippen LogP contribution >= 0.6 is 0 Å². The fourth-order valence-electron chi connectivity index (χ4n) is 10.0. The minimum absolute atomic E-state index is 0.0649. The first-order chi connectivity index (χ1) is 33.4. The number of benzene rings is 2. The Morgan fingerprint density at radius 1 is 0.803 bits per heavy atom. The van der Waals surface area contributed by atoms with Crippen molar-refractivity contribution in [3.8, 4) is 0 Å². The molecule has 1 fully saturated rings. The van der Waals surface area contributed by atoms with Crippen LogP contribution in [0.1, 0.15) is 117 Å². The van der Waals surface area contributed by atoms with Crippen molar-refractivity contribution in [1.82, 2.24) is 20.0 Å². The molecule has 16 heteroatoms. The Balaban J connectivity index is 1.50. The number of anilines is 1. The van der Waals surface area contributed by atoms with Gasteiger partial charge in [0.1, 0.15) is 11.6 Å². The molecule has 0 saturated carbocycles.